The van der Waals surface area contributed by atoms with Crippen LogP contribution in [0.2, 0.25) is 0 Å². The number of ether oxygens (including phenoxy) is 1. The first-order valence-electron chi connectivity index (χ1n) is 7.93. The number of aryl methyl sites for hydroxylation is 1. The Balaban J connectivity index is 1.84. The second kappa shape index (κ2) is 8.86. The Hall–Kier alpha value is -0.460. The van der Waals surface area contributed by atoms with E-state index >= 15 is 0 Å². The van der Waals surface area contributed by atoms with E-state index in [4.69, 9.17) is 4.74 Å². The highest BCUT2D eigenvalue weighted by Gasteiger charge is 2.15. The molecule has 0 radical (unpaired) electrons. The van der Waals surface area contributed by atoms with Crippen molar-refractivity contribution in [3.8, 4) is 0 Å². The quantitative estimate of drug-likeness (QED) is 0.796. The predicted molar refractivity (Wildman–Crippen MR) is 87.9 cm³/mol. The normalized spacial score (nSPS) is 18.3. The van der Waals surface area contributed by atoms with Crippen LogP contribution in [0, 0.1) is 6.92 Å². The molecular weight excluding hydrogens is 284 g/mol. The fourth-order valence-corrected chi connectivity index (χ4v) is 3.49. The van der Waals surface area contributed by atoms with Crippen molar-refractivity contribution in [3.05, 3.63) is 21.9 Å². The molecular formula is C16H28N2O2S. The van der Waals surface area contributed by atoms with Crippen LogP contribution < -0.4 is 0 Å². The predicted octanol–water partition coefficient (Wildman–Crippen LogP) is 1.96. The van der Waals surface area contributed by atoms with E-state index in [1.54, 1.807) is 0 Å². The zero-order chi connectivity index (χ0) is 15.1. The molecule has 1 aliphatic rings. The highest BCUT2D eigenvalue weighted by Crippen LogP contribution is 2.17. The maximum atomic E-state index is 9.98. The first-order chi connectivity index (χ1) is 10.2. The van der Waals surface area contributed by atoms with Gasteiger partial charge in [-0.05, 0) is 25.5 Å². The lowest BCUT2D eigenvalue weighted by atomic mass is 10.2. The van der Waals surface area contributed by atoms with Gasteiger partial charge in [0, 0.05) is 49.0 Å². The first-order valence-corrected chi connectivity index (χ1v) is 8.75. The zero-order valence-corrected chi connectivity index (χ0v) is 14.1. The molecule has 0 saturated carbocycles. The Morgan fingerprint density at radius 3 is 2.76 bits per heavy atom. The summed E-state index contributed by atoms with van der Waals surface area (Å²) >= 11 is 1.86. The number of aliphatic hydroxyl groups excluding tert-OH is 1. The number of morpholine rings is 1. The lowest BCUT2D eigenvalue weighted by Crippen LogP contribution is -2.42. The van der Waals surface area contributed by atoms with Crippen LogP contribution in [0.25, 0.3) is 0 Å². The van der Waals surface area contributed by atoms with Crippen molar-refractivity contribution in [3.63, 3.8) is 0 Å². The van der Waals surface area contributed by atoms with Gasteiger partial charge in [-0.25, -0.2) is 0 Å². The van der Waals surface area contributed by atoms with Crippen LogP contribution in [0.1, 0.15) is 23.1 Å². The summed E-state index contributed by atoms with van der Waals surface area (Å²) in [7, 11) is 0. The molecule has 2 heterocycles. The fraction of sp³-hybridized carbons (Fsp3) is 0.750. The molecule has 1 fully saturated rings. The number of hydrogen-bond donors (Lipinski definition) is 1. The lowest BCUT2D eigenvalue weighted by Gasteiger charge is -2.30. The van der Waals surface area contributed by atoms with Crippen molar-refractivity contribution in [1.29, 1.82) is 0 Å². The van der Waals surface area contributed by atoms with E-state index in [-0.39, 0.29) is 6.10 Å². The molecule has 5 heteroatoms. The molecule has 0 aromatic carbocycles. The second-order valence-corrected chi connectivity index (χ2v) is 7.14. The molecule has 1 aliphatic heterocycles. The van der Waals surface area contributed by atoms with Crippen molar-refractivity contribution < 1.29 is 9.84 Å². The fourth-order valence-electron chi connectivity index (χ4n) is 2.56. The number of hydrogen-bond acceptors (Lipinski definition) is 5. The average molecular weight is 312 g/mol. The molecule has 120 valence electrons. The van der Waals surface area contributed by atoms with Crippen molar-refractivity contribution >= 4 is 11.3 Å². The summed E-state index contributed by atoms with van der Waals surface area (Å²) in [6.07, 6.45) is 0.591. The van der Waals surface area contributed by atoms with E-state index in [0.29, 0.717) is 0 Å². The van der Waals surface area contributed by atoms with E-state index in [1.807, 2.05) is 18.3 Å². The van der Waals surface area contributed by atoms with Gasteiger partial charge in [-0.1, -0.05) is 6.92 Å². The van der Waals surface area contributed by atoms with Gasteiger partial charge < -0.3 is 9.84 Å². The van der Waals surface area contributed by atoms with Crippen LogP contribution in [-0.2, 0) is 11.3 Å². The van der Waals surface area contributed by atoms with Crippen LogP contribution in [0.4, 0.5) is 0 Å². The Bertz CT molecular complexity index is 405. The molecule has 1 saturated heterocycles. The van der Waals surface area contributed by atoms with Gasteiger partial charge in [0.1, 0.15) is 0 Å². The summed E-state index contributed by atoms with van der Waals surface area (Å²) in [4.78, 5) is 7.58. The van der Waals surface area contributed by atoms with Crippen molar-refractivity contribution in [2.45, 2.75) is 32.9 Å². The highest BCUT2D eigenvalue weighted by atomic mass is 32.1. The minimum absolute atomic E-state index is 0.226. The Labute approximate surface area is 132 Å². The topological polar surface area (TPSA) is 35.9 Å². The third kappa shape index (κ3) is 6.04. The van der Waals surface area contributed by atoms with Gasteiger partial charge in [-0.15, -0.1) is 11.3 Å². The van der Waals surface area contributed by atoms with Crippen molar-refractivity contribution in [2.75, 3.05) is 45.9 Å². The summed E-state index contributed by atoms with van der Waals surface area (Å²) in [6, 6.07) is 4.39. The third-order valence-electron chi connectivity index (χ3n) is 3.95. The van der Waals surface area contributed by atoms with Gasteiger partial charge in [-0.3, -0.25) is 9.80 Å². The van der Waals surface area contributed by atoms with E-state index in [9.17, 15) is 5.11 Å². The molecule has 0 spiro atoms. The van der Waals surface area contributed by atoms with Crippen molar-refractivity contribution in [2.24, 2.45) is 0 Å². The Morgan fingerprint density at radius 2 is 2.14 bits per heavy atom. The van der Waals surface area contributed by atoms with Crippen LogP contribution in [0.5, 0.6) is 0 Å². The number of aliphatic hydroxyl groups is 1. The smallest absolute Gasteiger partial charge is 0.0664 e. The largest absolute Gasteiger partial charge is 0.392 e. The van der Waals surface area contributed by atoms with Gasteiger partial charge in [0.25, 0.3) is 0 Å². The first kappa shape index (κ1) is 16.9. The molecule has 4 nitrogen and oxygen atoms in total. The summed E-state index contributed by atoms with van der Waals surface area (Å²) in [6.45, 7) is 11.7. The summed E-state index contributed by atoms with van der Waals surface area (Å²) in [5, 5.41) is 9.98. The van der Waals surface area contributed by atoms with Crippen LogP contribution in [0.3, 0.4) is 0 Å². The van der Waals surface area contributed by atoms with E-state index in [2.05, 4.69) is 28.9 Å². The molecule has 0 bridgehead atoms. The minimum atomic E-state index is -0.226. The second-order valence-electron chi connectivity index (χ2n) is 5.76. The molecule has 21 heavy (non-hydrogen) atoms. The van der Waals surface area contributed by atoms with Crippen LogP contribution in [-0.4, -0.2) is 66.9 Å². The molecule has 2 rings (SSSR count). The van der Waals surface area contributed by atoms with E-state index in [1.165, 1.54) is 9.75 Å². The standard InChI is InChI=1S/C16H28N2O2S/c1-3-15(19)12-18(13-16-5-4-14(2)21-16)7-6-17-8-10-20-11-9-17/h4-5,15,19H,3,6-13H2,1-2H3. The lowest BCUT2D eigenvalue weighted by molar-refractivity contribution is 0.0291. The zero-order valence-electron chi connectivity index (χ0n) is 13.3. The summed E-state index contributed by atoms with van der Waals surface area (Å²) in [5.41, 5.74) is 0. The van der Waals surface area contributed by atoms with Gasteiger partial charge in [0.15, 0.2) is 0 Å². The van der Waals surface area contributed by atoms with Gasteiger partial charge in [0.2, 0.25) is 0 Å². The minimum Gasteiger partial charge on any atom is -0.392 e. The van der Waals surface area contributed by atoms with E-state index < -0.39 is 0 Å². The molecule has 1 unspecified atom stereocenters. The van der Waals surface area contributed by atoms with Gasteiger partial charge >= 0.3 is 0 Å². The maximum absolute atomic E-state index is 9.98. The number of nitrogens with zero attached hydrogens (tertiary/aromatic N) is 2. The third-order valence-corrected chi connectivity index (χ3v) is 4.94. The molecule has 1 N–H and O–H groups in total. The summed E-state index contributed by atoms with van der Waals surface area (Å²) < 4.78 is 5.39. The van der Waals surface area contributed by atoms with Gasteiger partial charge in [0.05, 0.1) is 19.3 Å². The van der Waals surface area contributed by atoms with Crippen LogP contribution in [0.15, 0.2) is 12.1 Å². The maximum Gasteiger partial charge on any atom is 0.0664 e. The Kier molecular flexibility index (Phi) is 7.13. The van der Waals surface area contributed by atoms with Crippen molar-refractivity contribution in [1.82, 2.24) is 9.80 Å². The average Bonchev–Trinajstić information content (AvgIpc) is 2.91. The van der Waals surface area contributed by atoms with E-state index in [0.717, 1.165) is 58.9 Å². The summed E-state index contributed by atoms with van der Waals surface area (Å²) in [5.74, 6) is 0. The number of rotatable bonds is 8. The molecule has 1 aromatic heterocycles. The molecule has 0 aliphatic carbocycles. The number of thiophene rings is 1. The molecule has 1 atom stereocenters. The van der Waals surface area contributed by atoms with Gasteiger partial charge in [-0.2, -0.15) is 0 Å². The Morgan fingerprint density at radius 1 is 1.38 bits per heavy atom. The van der Waals surface area contributed by atoms with Crippen LogP contribution >= 0.6 is 11.3 Å². The molecule has 0 amide bonds. The molecule has 1 aromatic rings. The SMILES string of the molecule is CCC(O)CN(CCN1CCOCC1)Cc1ccc(C)s1. The monoisotopic (exact) mass is 312 g/mol. The highest BCUT2D eigenvalue weighted by molar-refractivity contribution is 7.11.